The second-order valence-electron chi connectivity index (χ2n) is 6.41. The van der Waals surface area contributed by atoms with E-state index in [9.17, 15) is 14.0 Å². The van der Waals surface area contributed by atoms with E-state index in [0.717, 1.165) is 19.5 Å². The Kier molecular flexibility index (Phi) is 4.61. The van der Waals surface area contributed by atoms with Crippen molar-refractivity contribution < 1.29 is 14.0 Å². The highest BCUT2D eigenvalue weighted by atomic mass is 19.1. The largest absolute Gasteiger partial charge is 0.358 e. The first-order chi connectivity index (χ1) is 11.1. The van der Waals surface area contributed by atoms with Crippen LogP contribution in [0.2, 0.25) is 0 Å². The van der Waals surface area contributed by atoms with E-state index >= 15 is 0 Å². The van der Waals surface area contributed by atoms with Crippen molar-refractivity contribution in [3.8, 4) is 0 Å². The molecule has 2 aliphatic rings. The molecule has 2 atom stereocenters. The highest BCUT2D eigenvalue weighted by Gasteiger charge is 2.39. The number of carbonyl (C=O) groups is 2. The van der Waals surface area contributed by atoms with Crippen LogP contribution in [0.15, 0.2) is 24.3 Å². The van der Waals surface area contributed by atoms with Crippen molar-refractivity contribution in [3.63, 3.8) is 0 Å². The lowest BCUT2D eigenvalue weighted by Gasteiger charge is -2.33. The fraction of sp³-hybridized carbons (Fsp3) is 0.529. The number of carbonyl (C=O) groups excluding carboxylic acids is 2. The summed E-state index contributed by atoms with van der Waals surface area (Å²) in [6.07, 6.45) is 0.975. The molecule has 0 unspecified atom stereocenters. The molecule has 3 rings (SSSR count). The number of fused-ring (bicyclic) bond motifs is 1. The second-order valence-corrected chi connectivity index (χ2v) is 6.41. The Morgan fingerprint density at radius 3 is 2.70 bits per heavy atom. The molecule has 23 heavy (non-hydrogen) atoms. The molecule has 2 amide bonds. The van der Waals surface area contributed by atoms with Crippen LogP contribution in [0.1, 0.15) is 16.8 Å². The van der Waals surface area contributed by atoms with E-state index in [1.807, 2.05) is 0 Å². The summed E-state index contributed by atoms with van der Waals surface area (Å²) in [5, 5.41) is 2.64. The molecule has 1 aromatic carbocycles. The molecule has 0 aliphatic carbocycles. The normalized spacial score (nSPS) is 24.3. The van der Waals surface area contributed by atoms with E-state index in [-0.39, 0.29) is 17.4 Å². The summed E-state index contributed by atoms with van der Waals surface area (Å²) in [5.74, 6) is 0.139. The van der Waals surface area contributed by atoms with Gasteiger partial charge in [-0.1, -0.05) is 12.1 Å². The second kappa shape index (κ2) is 6.66. The predicted octanol–water partition coefficient (Wildman–Crippen LogP) is 0.966. The zero-order valence-electron chi connectivity index (χ0n) is 13.3. The number of nitrogens with zero attached hydrogens (tertiary/aromatic N) is 2. The van der Waals surface area contributed by atoms with Gasteiger partial charge in [-0.25, -0.2) is 4.39 Å². The average Bonchev–Trinajstić information content (AvgIpc) is 2.97. The number of hydrogen-bond donors (Lipinski definition) is 1. The van der Waals surface area contributed by atoms with E-state index < -0.39 is 5.82 Å². The van der Waals surface area contributed by atoms with Crippen LogP contribution in [-0.4, -0.2) is 61.4 Å². The number of piperidine rings is 1. The quantitative estimate of drug-likeness (QED) is 0.903. The van der Waals surface area contributed by atoms with Gasteiger partial charge in [0, 0.05) is 26.7 Å². The lowest BCUT2D eigenvalue weighted by molar-refractivity contribution is -0.122. The van der Waals surface area contributed by atoms with Crippen molar-refractivity contribution in [3.05, 3.63) is 35.6 Å². The molecule has 0 saturated carbocycles. The van der Waals surface area contributed by atoms with Gasteiger partial charge in [-0.3, -0.25) is 14.5 Å². The van der Waals surface area contributed by atoms with E-state index in [1.165, 1.54) is 12.1 Å². The Morgan fingerprint density at radius 2 is 1.96 bits per heavy atom. The number of halogens is 1. The molecule has 0 aromatic heterocycles. The Bertz CT molecular complexity index is 607. The first kappa shape index (κ1) is 15.9. The zero-order chi connectivity index (χ0) is 16.4. The van der Waals surface area contributed by atoms with Gasteiger partial charge < -0.3 is 10.2 Å². The molecule has 5 nitrogen and oxygen atoms in total. The summed E-state index contributed by atoms with van der Waals surface area (Å²) >= 11 is 0. The molecule has 1 N–H and O–H groups in total. The van der Waals surface area contributed by atoms with Crippen LogP contribution >= 0.6 is 0 Å². The fourth-order valence-corrected chi connectivity index (χ4v) is 3.64. The Balaban J connectivity index is 1.63. The first-order valence-corrected chi connectivity index (χ1v) is 8.05. The molecule has 2 heterocycles. The number of hydrogen-bond acceptors (Lipinski definition) is 3. The van der Waals surface area contributed by atoms with Crippen molar-refractivity contribution in [1.29, 1.82) is 0 Å². The van der Waals surface area contributed by atoms with Gasteiger partial charge in [0.15, 0.2) is 0 Å². The van der Waals surface area contributed by atoms with Crippen molar-refractivity contribution in [2.75, 3.05) is 39.8 Å². The monoisotopic (exact) mass is 319 g/mol. The van der Waals surface area contributed by atoms with Gasteiger partial charge in [0.1, 0.15) is 5.82 Å². The van der Waals surface area contributed by atoms with Crippen LogP contribution in [0.5, 0.6) is 0 Å². The minimum atomic E-state index is -0.464. The molecular weight excluding hydrogens is 297 g/mol. The van der Waals surface area contributed by atoms with Gasteiger partial charge >= 0.3 is 0 Å². The van der Waals surface area contributed by atoms with E-state index in [0.29, 0.717) is 31.5 Å². The Labute approximate surface area is 135 Å². The summed E-state index contributed by atoms with van der Waals surface area (Å²) in [6, 6.07) is 6.13. The summed E-state index contributed by atoms with van der Waals surface area (Å²) in [6.45, 7) is 3.42. The summed E-state index contributed by atoms with van der Waals surface area (Å²) in [4.78, 5) is 27.9. The molecule has 0 spiro atoms. The molecular formula is C17H22FN3O2. The van der Waals surface area contributed by atoms with E-state index in [1.54, 1.807) is 24.1 Å². The number of benzene rings is 1. The van der Waals surface area contributed by atoms with Gasteiger partial charge in [0.25, 0.3) is 5.91 Å². The Hall–Kier alpha value is -1.95. The molecule has 124 valence electrons. The number of nitrogens with one attached hydrogen (secondary N) is 1. The molecule has 2 aliphatic heterocycles. The number of rotatable bonds is 3. The van der Waals surface area contributed by atoms with Crippen LogP contribution in [0.3, 0.4) is 0 Å². The van der Waals surface area contributed by atoms with Gasteiger partial charge in [-0.15, -0.1) is 0 Å². The van der Waals surface area contributed by atoms with Crippen molar-refractivity contribution in [2.24, 2.45) is 11.8 Å². The fourth-order valence-electron chi connectivity index (χ4n) is 3.64. The highest BCUT2D eigenvalue weighted by Crippen LogP contribution is 2.32. The van der Waals surface area contributed by atoms with Crippen LogP contribution in [0.4, 0.5) is 4.39 Å². The topological polar surface area (TPSA) is 52.7 Å². The predicted molar refractivity (Wildman–Crippen MR) is 84.4 cm³/mol. The first-order valence-electron chi connectivity index (χ1n) is 8.05. The third kappa shape index (κ3) is 3.37. The molecule has 2 fully saturated rings. The maximum atomic E-state index is 13.8. The third-order valence-electron chi connectivity index (χ3n) is 4.92. The maximum Gasteiger partial charge on any atom is 0.256 e. The maximum absolute atomic E-state index is 13.8. The van der Waals surface area contributed by atoms with Crippen LogP contribution in [0, 0.1) is 17.7 Å². The van der Waals surface area contributed by atoms with Crippen molar-refractivity contribution >= 4 is 11.8 Å². The summed E-state index contributed by atoms with van der Waals surface area (Å²) < 4.78 is 13.8. The number of likely N-dealkylation sites (tertiary alicyclic amines) is 2. The lowest BCUT2D eigenvalue weighted by Crippen LogP contribution is -2.44. The van der Waals surface area contributed by atoms with Gasteiger partial charge in [0.2, 0.25) is 5.91 Å². The Morgan fingerprint density at radius 1 is 1.22 bits per heavy atom. The van der Waals surface area contributed by atoms with Crippen LogP contribution in [0.25, 0.3) is 0 Å². The van der Waals surface area contributed by atoms with Crippen molar-refractivity contribution in [1.82, 2.24) is 15.1 Å². The molecule has 2 saturated heterocycles. The average molecular weight is 319 g/mol. The summed E-state index contributed by atoms with van der Waals surface area (Å²) in [7, 11) is 1.64. The molecule has 6 heteroatoms. The van der Waals surface area contributed by atoms with Gasteiger partial charge in [-0.05, 0) is 36.9 Å². The number of amides is 2. The number of likely N-dealkylation sites (N-methyl/N-ethyl adjacent to an activating group) is 1. The molecule has 0 bridgehead atoms. The van der Waals surface area contributed by atoms with Crippen molar-refractivity contribution in [2.45, 2.75) is 6.42 Å². The standard InChI is InChI=1S/C17H22FN3O2/c1-19-16(22)11-20-7-6-12-9-21(10-13(12)8-20)17(23)14-4-2-3-5-15(14)18/h2-5,12-13H,6-11H2,1H3,(H,19,22)/t12-,13+/m0/s1. The minimum absolute atomic E-state index is 0.0146. The minimum Gasteiger partial charge on any atom is -0.358 e. The zero-order valence-corrected chi connectivity index (χ0v) is 13.3. The smallest absolute Gasteiger partial charge is 0.256 e. The van der Waals surface area contributed by atoms with Crippen LogP contribution < -0.4 is 5.32 Å². The van der Waals surface area contributed by atoms with Gasteiger partial charge in [-0.2, -0.15) is 0 Å². The SMILES string of the molecule is CNC(=O)CN1CC[C@H]2CN(C(=O)c3ccccc3F)C[C@H]2C1. The van der Waals surface area contributed by atoms with E-state index in [2.05, 4.69) is 10.2 Å². The lowest BCUT2D eigenvalue weighted by atomic mass is 9.89. The molecule has 1 aromatic rings. The third-order valence-corrected chi connectivity index (χ3v) is 4.92. The van der Waals surface area contributed by atoms with Gasteiger partial charge in [0.05, 0.1) is 12.1 Å². The van der Waals surface area contributed by atoms with E-state index in [4.69, 9.17) is 0 Å². The van der Waals surface area contributed by atoms with Crippen LogP contribution in [-0.2, 0) is 4.79 Å². The molecule has 0 radical (unpaired) electrons. The highest BCUT2D eigenvalue weighted by molar-refractivity contribution is 5.94. The summed E-state index contributed by atoms with van der Waals surface area (Å²) in [5.41, 5.74) is 0.147.